The predicted molar refractivity (Wildman–Crippen MR) is 81.7 cm³/mol. The molecule has 0 aromatic heterocycles. The SMILES string of the molecule is C=C(Nc1cc(C)c(F)c(F)c1)C(C=C(C)C)=C(C)C. The fourth-order valence-electron chi connectivity index (χ4n) is 1.86. The van der Waals surface area contributed by atoms with Gasteiger partial charge in [0.25, 0.3) is 0 Å². The summed E-state index contributed by atoms with van der Waals surface area (Å²) in [5, 5.41) is 3.03. The van der Waals surface area contributed by atoms with Crippen LogP contribution in [0.1, 0.15) is 33.3 Å². The molecule has 0 amide bonds. The molecule has 20 heavy (non-hydrogen) atoms. The highest BCUT2D eigenvalue weighted by Gasteiger charge is 2.09. The summed E-state index contributed by atoms with van der Waals surface area (Å²) >= 11 is 0. The van der Waals surface area contributed by atoms with Gasteiger partial charge in [0.15, 0.2) is 11.6 Å². The van der Waals surface area contributed by atoms with E-state index >= 15 is 0 Å². The smallest absolute Gasteiger partial charge is 0.161 e. The van der Waals surface area contributed by atoms with Crippen LogP contribution in [-0.4, -0.2) is 0 Å². The summed E-state index contributed by atoms with van der Waals surface area (Å²) in [5.41, 5.74) is 4.63. The number of allylic oxidation sites excluding steroid dienone is 3. The van der Waals surface area contributed by atoms with E-state index in [-0.39, 0.29) is 5.56 Å². The molecule has 0 fully saturated rings. The Kier molecular flexibility index (Phi) is 5.26. The molecule has 0 atom stereocenters. The molecule has 0 unspecified atom stereocenters. The van der Waals surface area contributed by atoms with Crippen molar-refractivity contribution in [2.75, 3.05) is 5.32 Å². The maximum Gasteiger partial charge on any atom is 0.161 e. The lowest BCUT2D eigenvalue weighted by atomic mass is 10.0. The van der Waals surface area contributed by atoms with Gasteiger partial charge in [0, 0.05) is 17.5 Å². The molecule has 1 rings (SSSR count). The number of hydrogen-bond donors (Lipinski definition) is 1. The fourth-order valence-corrected chi connectivity index (χ4v) is 1.86. The van der Waals surface area contributed by atoms with Crippen LogP contribution in [0.25, 0.3) is 0 Å². The molecule has 0 radical (unpaired) electrons. The number of rotatable bonds is 4. The lowest BCUT2D eigenvalue weighted by molar-refractivity contribution is 0.503. The Bertz CT molecular complexity index is 564. The van der Waals surface area contributed by atoms with E-state index in [4.69, 9.17) is 0 Å². The number of halogens is 2. The maximum atomic E-state index is 13.4. The molecule has 0 spiro atoms. The highest BCUT2D eigenvalue weighted by atomic mass is 19.2. The van der Waals surface area contributed by atoms with Crippen LogP contribution in [0.4, 0.5) is 14.5 Å². The molecule has 0 aliphatic carbocycles. The van der Waals surface area contributed by atoms with Crippen molar-refractivity contribution in [2.45, 2.75) is 34.6 Å². The number of hydrogen-bond acceptors (Lipinski definition) is 1. The van der Waals surface area contributed by atoms with Crippen molar-refractivity contribution in [2.24, 2.45) is 0 Å². The molecule has 0 heterocycles. The molecular weight excluding hydrogens is 256 g/mol. The van der Waals surface area contributed by atoms with Gasteiger partial charge >= 0.3 is 0 Å². The zero-order valence-electron chi connectivity index (χ0n) is 12.7. The van der Waals surface area contributed by atoms with Gasteiger partial charge < -0.3 is 5.32 Å². The van der Waals surface area contributed by atoms with Gasteiger partial charge in [-0.05, 0) is 51.8 Å². The summed E-state index contributed by atoms with van der Waals surface area (Å²) in [6.45, 7) is 13.5. The second-order valence-corrected chi connectivity index (χ2v) is 5.33. The number of anilines is 1. The highest BCUT2D eigenvalue weighted by Crippen LogP contribution is 2.23. The minimum Gasteiger partial charge on any atom is -0.355 e. The molecule has 0 saturated carbocycles. The second-order valence-electron chi connectivity index (χ2n) is 5.33. The molecular formula is C17H21F2N. The van der Waals surface area contributed by atoms with Crippen LogP contribution < -0.4 is 5.32 Å². The zero-order valence-corrected chi connectivity index (χ0v) is 12.7. The molecule has 0 bridgehead atoms. The summed E-state index contributed by atoms with van der Waals surface area (Å²) in [6, 6.07) is 2.70. The quantitative estimate of drug-likeness (QED) is 0.716. The van der Waals surface area contributed by atoms with Gasteiger partial charge in [0.1, 0.15) is 0 Å². The van der Waals surface area contributed by atoms with Crippen molar-refractivity contribution in [1.29, 1.82) is 0 Å². The van der Waals surface area contributed by atoms with Crippen molar-refractivity contribution < 1.29 is 8.78 Å². The first-order valence-corrected chi connectivity index (χ1v) is 6.46. The molecule has 0 saturated heterocycles. The van der Waals surface area contributed by atoms with E-state index < -0.39 is 11.6 Å². The zero-order chi connectivity index (χ0) is 15.4. The van der Waals surface area contributed by atoms with Crippen molar-refractivity contribution >= 4 is 5.69 Å². The summed E-state index contributed by atoms with van der Waals surface area (Å²) in [6.07, 6.45) is 2.01. The van der Waals surface area contributed by atoms with Crippen LogP contribution in [-0.2, 0) is 0 Å². The second kappa shape index (κ2) is 6.51. The van der Waals surface area contributed by atoms with Gasteiger partial charge in [0.2, 0.25) is 0 Å². The van der Waals surface area contributed by atoms with Gasteiger partial charge in [-0.1, -0.05) is 23.8 Å². The molecule has 1 aromatic carbocycles. The summed E-state index contributed by atoms with van der Waals surface area (Å²) in [4.78, 5) is 0. The Morgan fingerprint density at radius 1 is 1.15 bits per heavy atom. The van der Waals surface area contributed by atoms with E-state index in [0.29, 0.717) is 11.4 Å². The van der Waals surface area contributed by atoms with Crippen LogP contribution in [0, 0.1) is 18.6 Å². The third kappa shape index (κ3) is 4.05. The standard InChI is InChI=1S/C17H21F2N/c1-10(2)7-15(11(3)4)13(6)20-14-8-12(5)17(19)16(18)9-14/h7-9,20H,6H2,1-5H3. The predicted octanol–water partition coefficient (Wildman–Crippen LogP) is 5.50. The van der Waals surface area contributed by atoms with Crippen molar-refractivity contribution in [1.82, 2.24) is 0 Å². The Balaban J connectivity index is 3.07. The Morgan fingerprint density at radius 3 is 2.20 bits per heavy atom. The summed E-state index contributed by atoms with van der Waals surface area (Å²) < 4.78 is 26.7. The van der Waals surface area contributed by atoms with Crippen LogP contribution in [0.2, 0.25) is 0 Å². The minimum atomic E-state index is -0.860. The average molecular weight is 277 g/mol. The molecule has 1 nitrogen and oxygen atoms in total. The first-order chi connectivity index (χ1) is 9.22. The largest absolute Gasteiger partial charge is 0.355 e. The Hall–Kier alpha value is -1.90. The van der Waals surface area contributed by atoms with Crippen LogP contribution in [0.5, 0.6) is 0 Å². The van der Waals surface area contributed by atoms with E-state index in [2.05, 4.69) is 11.9 Å². The van der Waals surface area contributed by atoms with Crippen LogP contribution in [0.15, 0.2) is 47.2 Å². The monoisotopic (exact) mass is 277 g/mol. The van der Waals surface area contributed by atoms with Gasteiger partial charge in [-0.25, -0.2) is 8.78 Å². The fraction of sp³-hybridized carbons (Fsp3) is 0.294. The van der Waals surface area contributed by atoms with Crippen LogP contribution >= 0.6 is 0 Å². The van der Waals surface area contributed by atoms with Crippen molar-refractivity contribution in [3.05, 3.63) is 64.4 Å². The number of aryl methyl sites for hydroxylation is 1. The Labute approximate surface area is 119 Å². The first-order valence-electron chi connectivity index (χ1n) is 6.46. The van der Waals surface area contributed by atoms with E-state index in [1.807, 2.05) is 33.8 Å². The topological polar surface area (TPSA) is 12.0 Å². The molecule has 1 aromatic rings. The molecule has 108 valence electrons. The normalized spacial score (nSPS) is 9.95. The minimum absolute atomic E-state index is 0.265. The van der Waals surface area contributed by atoms with Gasteiger partial charge in [-0.2, -0.15) is 0 Å². The van der Waals surface area contributed by atoms with E-state index in [0.717, 1.165) is 22.8 Å². The molecule has 0 aliphatic rings. The van der Waals surface area contributed by atoms with Gasteiger partial charge in [-0.3, -0.25) is 0 Å². The molecule has 0 aliphatic heterocycles. The van der Waals surface area contributed by atoms with Crippen molar-refractivity contribution in [3.8, 4) is 0 Å². The van der Waals surface area contributed by atoms with Crippen molar-refractivity contribution in [3.63, 3.8) is 0 Å². The summed E-state index contributed by atoms with van der Waals surface area (Å²) in [7, 11) is 0. The lowest BCUT2D eigenvalue weighted by Crippen LogP contribution is -2.03. The first kappa shape index (κ1) is 16.2. The number of nitrogens with one attached hydrogen (secondary N) is 1. The van der Waals surface area contributed by atoms with E-state index in [9.17, 15) is 8.78 Å². The number of benzene rings is 1. The molecule has 1 N–H and O–H groups in total. The lowest BCUT2D eigenvalue weighted by Gasteiger charge is -2.14. The van der Waals surface area contributed by atoms with E-state index in [1.165, 1.54) is 6.92 Å². The molecule has 3 heteroatoms. The summed E-state index contributed by atoms with van der Waals surface area (Å²) in [5.74, 6) is -1.67. The maximum absolute atomic E-state index is 13.4. The van der Waals surface area contributed by atoms with Crippen LogP contribution in [0.3, 0.4) is 0 Å². The van der Waals surface area contributed by atoms with Gasteiger partial charge in [-0.15, -0.1) is 0 Å². The third-order valence-corrected chi connectivity index (χ3v) is 2.80. The Morgan fingerprint density at radius 2 is 1.75 bits per heavy atom. The third-order valence-electron chi connectivity index (χ3n) is 2.80. The van der Waals surface area contributed by atoms with Gasteiger partial charge in [0.05, 0.1) is 0 Å². The highest BCUT2D eigenvalue weighted by molar-refractivity contribution is 5.57. The van der Waals surface area contributed by atoms with E-state index in [1.54, 1.807) is 6.07 Å². The average Bonchev–Trinajstić information content (AvgIpc) is 2.32.